The number of fused-ring (bicyclic) bond motifs is 1. The van der Waals surface area contributed by atoms with Crippen molar-refractivity contribution in [3.8, 4) is 0 Å². The van der Waals surface area contributed by atoms with Crippen LogP contribution in [0.2, 0.25) is 0 Å². The molecular weight excluding hydrogens is 410 g/mol. The first-order chi connectivity index (χ1) is 16.2. The second-order valence-corrected chi connectivity index (χ2v) is 8.61. The molecule has 0 saturated carbocycles. The van der Waals surface area contributed by atoms with Crippen molar-refractivity contribution in [2.24, 2.45) is 0 Å². The van der Waals surface area contributed by atoms with Gasteiger partial charge in [-0.05, 0) is 60.2 Å². The fourth-order valence-electron chi connectivity index (χ4n) is 4.30. The molecule has 168 valence electrons. The Morgan fingerprint density at radius 1 is 0.939 bits per heavy atom. The Labute approximate surface area is 193 Å². The monoisotopic (exact) mass is 439 g/mol. The maximum atomic E-state index is 12.7. The maximum Gasteiger partial charge on any atom is 0.242 e. The molecule has 5 rings (SSSR count). The highest BCUT2D eigenvalue weighted by atomic mass is 16.2. The number of aromatic amines is 1. The van der Waals surface area contributed by atoms with E-state index in [-0.39, 0.29) is 18.0 Å². The van der Waals surface area contributed by atoms with Gasteiger partial charge in [-0.2, -0.15) is 0 Å². The zero-order valence-electron chi connectivity index (χ0n) is 18.8. The number of aryl methyl sites for hydroxylation is 3. The minimum atomic E-state index is -0.270. The molecule has 33 heavy (non-hydrogen) atoms. The average Bonchev–Trinajstić information content (AvgIpc) is 3.51. The summed E-state index contributed by atoms with van der Waals surface area (Å²) in [4.78, 5) is 20.8. The number of H-pyrrole nitrogens is 1. The van der Waals surface area contributed by atoms with Gasteiger partial charge in [-0.3, -0.25) is 4.79 Å². The molecule has 6 nitrogen and oxygen atoms in total. The number of anilines is 1. The van der Waals surface area contributed by atoms with E-state index in [9.17, 15) is 4.79 Å². The van der Waals surface area contributed by atoms with E-state index in [0.29, 0.717) is 6.42 Å². The second-order valence-electron chi connectivity index (χ2n) is 8.61. The zero-order valence-corrected chi connectivity index (χ0v) is 18.8. The van der Waals surface area contributed by atoms with E-state index in [2.05, 4.69) is 69.5 Å². The fourth-order valence-corrected chi connectivity index (χ4v) is 4.30. The highest BCUT2D eigenvalue weighted by Crippen LogP contribution is 2.23. The van der Waals surface area contributed by atoms with Gasteiger partial charge in [0.1, 0.15) is 11.9 Å². The number of aromatic nitrogens is 2. The lowest BCUT2D eigenvalue weighted by molar-refractivity contribution is -0.117. The number of hydrogen-bond acceptors (Lipinski definition) is 4. The van der Waals surface area contributed by atoms with Gasteiger partial charge in [0.25, 0.3) is 0 Å². The molecule has 0 radical (unpaired) electrons. The number of imidazole rings is 1. The number of nitrogens with one attached hydrogen (secondary N) is 4. The molecule has 1 fully saturated rings. The number of carbonyl (C=O) groups is 1. The Morgan fingerprint density at radius 3 is 2.45 bits per heavy atom. The maximum absolute atomic E-state index is 12.7. The smallest absolute Gasteiger partial charge is 0.242 e. The molecule has 2 heterocycles. The van der Waals surface area contributed by atoms with Crippen molar-refractivity contribution < 1.29 is 4.79 Å². The molecule has 0 spiro atoms. The van der Waals surface area contributed by atoms with Crippen LogP contribution in [0.5, 0.6) is 0 Å². The van der Waals surface area contributed by atoms with Gasteiger partial charge in [0, 0.05) is 18.2 Å². The first-order valence-electron chi connectivity index (χ1n) is 11.6. The number of amides is 1. The highest BCUT2D eigenvalue weighted by Gasteiger charge is 2.30. The van der Waals surface area contributed by atoms with Crippen LogP contribution in [0, 0.1) is 0 Å². The summed E-state index contributed by atoms with van der Waals surface area (Å²) in [5, 5.41) is 3.03. The predicted octanol–water partition coefficient (Wildman–Crippen LogP) is 4.46. The first-order valence-corrected chi connectivity index (χ1v) is 11.6. The molecule has 0 aliphatic carbocycles. The Balaban J connectivity index is 1.13. The van der Waals surface area contributed by atoms with E-state index in [1.54, 1.807) is 0 Å². The Hall–Kier alpha value is -3.48. The number of para-hydroxylation sites is 2. The highest BCUT2D eigenvalue weighted by molar-refractivity contribution is 5.95. The third kappa shape index (κ3) is 4.97. The van der Waals surface area contributed by atoms with Gasteiger partial charge in [-0.15, -0.1) is 0 Å². The molecular formula is C27H29N5O. The van der Waals surface area contributed by atoms with Crippen LogP contribution >= 0.6 is 0 Å². The number of hydrazine groups is 1. The fraction of sp³-hybridized carbons (Fsp3) is 0.259. The molecule has 3 aromatic carbocycles. The second kappa shape index (κ2) is 9.57. The molecule has 2 unspecified atom stereocenters. The normalized spacial score (nSPS) is 18.0. The first kappa shape index (κ1) is 21.4. The SMILES string of the molecule is CCc1ccc(C2CC(C(=O)Nc3ccc(CCc4nc5ccccc5[nH]4)cc3)NN2)cc1. The third-order valence-corrected chi connectivity index (χ3v) is 6.32. The van der Waals surface area contributed by atoms with E-state index in [4.69, 9.17) is 0 Å². The van der Waals surface area contributed by atoms with Gasteiger partial charge in [-0.25, -0.2) is 15.8 Å². The van der Waals surface area contributed by atoms with Crippen LogP contribution in [0.3, 0.4) is 0 Å². The summed E-state index contributed by atoms with van der Waals surface area (Å²) >= 11 is 0. The summed E-state index contributed by atoms with van der Waals surface area (Å²) in [6.07, 6.45) is 3.48. The van der Waals surface area contributed by atoms with E-state index in [1.807, 2.05) is 36.4 Å². The van der Waals surface area contributed by atoms with Crippen LogP contribution in [0.4, 0.5) is 5.69 Å². The van der Waals surface area contributed by atoms with Gasteiger partial charge in [0.05, 0.1) is 11.0 Å². The van der Waals surface area contributed by atoms with Crippen molar-refractivity contribution in [2.75, 3.05) is 5.32 Å². The predicted molar refractivity (Wildman–Crippen MR) is 132 cm³/mol. The summed E-state index contributed by atoms with van der Waals surface area (Å²) in [7, 11) is 0. The minimum Gasteiger partial charge on any atom is -0.342 e. The van der Waals surface area contributed by atoms with E-state index in [1.165, 1.54) is 16.7 Å². The van der Waals surface area contributed by atoms with E-state index >= 15 is 0 Å². The number of rotatable bonds is 7. The van der Waals surface area contributed by atoms with Crippen LogP contribution in [-0.2, 0) is 24.1 Å². The molecule has 6 heteroatoms. The Bertz CT molecular complexity index is 1200. The van der Waals surface area contributed by atoms with Crippen molar-refractivity contribution in [3.63, 3.8) is 0 Å². The zero-order chi connectivity index (χ0) is 22.6. The Morgan fingerprint density at radius 2 is 1.70 bits per heavy atom. The molecule has 1 saturated heterocycles. The van der Waals surface area contributed by atoms with Gasteiger partial charge in [-0.1, -0.05) is 55.5 Å². The quantitative estimate of drug-likeness (QED) is 0.343. The summed E-state index contributed by atoms with van der Waals surface area (Å²) in [5.74, 6) is 0.970. The lowest BCUT2D eigenvalue weighted by Gasteiger charge is -2.11. The summed E-state index contributed by atoms with van der Waals surface area (Å²) in [6.45, 7) is 2.15. The lowest BCUT2D eigenvalue weighted by Crippen LogP contribution is -2.39. The molecule has 1 aliphatic rings. The number of nitrogens with zero attached hydrogens (tertiary/aromatic N) is 1. The lowest BCUT2D eigenvalue weighted by atomic mass is 10.00. The molecule has 2 atom stereocenters. The van der Waals surface area contributed by atoms with Gasteiger partial charge >= 0.3 is 0 Å². The van der Waals surface area contributed by atoms with Gasteiger partial charge in [0.15, 0.2) is 0 Å². The van der Waals surface area contributed by atoms with Crippen LogP contribution in [0.15, 0.2) is 72.8 Å². The van der Waals surface area contributed by atoms with Gasteiger partial charge < -0.3 is 10.3 Å². The van der Waals surface area contributed by atoms with Gasteiger partial charge in [0.2, 0.25) is 5.91 Å². The van der Waals surface area contributed by atoms with Crippen LogP contribution in [0.25, 0.3) is 11.0 Å². The third-order valence-electron chi connectivity index (χ3n) is 6.32. The number of benzene rings is 3. The Kier molecular flexibility index (Phi) is 6.19. The molecule has 1 amide bonds. The molecule has 4 N–H and O–H groups in total. The summed E-state index contributed by atoms with van der Waals surface area (Å²) < 4.78 is 0. The van der Waals surface area contributed by atoms with Crippen LogP contribution < -0.4 is 16.2 Å². The van der Waals surface area contributed by atoms with Crippen molar-refractivity contribution >= 4 is 22.6 Å². The van der Waals surface area contributed by atoms with E-state index < -0.39 is 0 Å². The van der Waals surface area contributed by atoms with Crippen molar-refractivity contribution in [2.45, 2.75) is 44.7 Å². The standard InChI is InChI=1S/C27H29N5O/c1-2-18-7-12-20(13-8-18)24-17-25(32-31-24)27(33)28-21-14-9-19(10-15-21)11-16-26-29-22-5-3-4-6-23(22)30-26/h3-10,12-15,24-25,31-32H,2,11,16-17H2,1H3,(H,28,33)(H,29,30). The van der Waals surface area contributed by atoms with Crippen LogP contribution in [0.1, 0.15) is 41.9 Å². The minimum absolute atomic E-state index is 0.0230. The molecule has 1 aromatic heterocycles. The molecule has 1 aliphatic heterocycles. The average molecular weight is 440 g/mol. The summed E-state index contributed by atoms with van der Waals surface area (Å²) in [5.41, 5.74) is 13.0. The van der Waals surface area contributed by atoms with Crippen molar-refractivity contribution in [1.29, 1.82) is 0 Å². The number of carbonyl (C=O) groups excluding carboxylic acids is 1. The van der Waals surface area contributed by atoms with E-state index in [0.717, 1.165) is 41.8 Å². The van der Waals surface area contributed by atoms with Crippen LogP contribution in [-0.4, -0.2) is 21.9 Å². The molecule has 4 aromatic rings. The van der Waals surface area contributed by atoms with Crippen molar-refractivity contribution in [3.05, 3.63) is 95.3 Å². The summed E-state index contributed by atoms with van der Waals surface area (Å²) in [6, 6.07) is 24.6. The molecule has 0 bridgehead atoms. The largest absolute Gasteiger partial charge is 0.342 e. The number of hydrogen-bond donors (Lipinski definition) is 4. The van der Waals surface area contributed by atoms with Crippen molar-refractivity contribution in [1.82, 2.24) is 20.8 Å². The topological polar surface area (TPSA) is 81.8 Å².